The van der Waals surface area contributed by atoms with Crippen LogP contribution in [-0.2, 0) is 0 Å². The molecule has 0 fully saturated rings. The first-order valence-corrected chi connectivity index (χ1v) is 4.13. The van der Waals surface area contributed by atoms with Gasteiger partial charge in [-0.3, -0.25) is 0 Å². The van der Waals surface area contributed by atoms with Gasteiger partial charge in [-0.2, -0.15) is 10.2 Å². The van der Waals surface area contributed by atoms with Gasteiger partial charge in [0.2, 0.25) is 0 Å². The van der Waals surface area contributed by atoms with Gasteiger partial charge in [0.25, 0.3) is 0 Å². The molecule has 0 aliphatic heterocycles. The minimum atomic E-state index is 0.207. The number of benzene rings is 1. The molecule has 3 N–H and O–H groups in total. The molecule has 0 aliphatic rings. The first-order valence-electron chi connectivity index (χ1n) is 4.13. The van der Waals surface area contributed by atoms with Gasteiger partial charge in [-0.05, 0) is 17.7 Å². The number of phenols is 1. The quantitative estimate of drug-likeness (QED) is 0.708. The van der Waals surface area contributed by atoms with Crippen LogP contribution in [0.1, 0.15) is 0 Å². The number of phenolic OH excluding ortho intramolecular Hbond substituents is 1. The highest BCUT2D eigenvalue weighted by molar-refractivity contribution is 5.75. The summed E-state index contributed by atoms with van der Waals surface area (Å²) in [7, 11) is 0. The third kappa shape index (κ3) is 1.50. The topological polar surface area (TPSA) is 72.0 Å². The van der Waals surface area contributed by atoms with Gasteiger partial charge in [0.05, 0.1) is 18.1 Å². The number of aromatic hydroxyl groups is 1. The average Bonchev–Trinajstić information content (AvgIpc) is 2.18. The molecule has 1 aromatic carbocycles. The summed E-state index contributed by atoms with van der Waals surface area (Å²) in [6.45, 7) is 0. The van der Waals surface area contributed by atoms with E-state index in [1.165, 1.54) is 6.20 Å². The summed E-state index contributed by atoms with van der Waals surface area (Å²) < 4.78 is 0. The van der Waals surface area contributed by atoms with Crippen LogP contribution < -0.4 is 5.73 Å². The van der Waals surface area contributed by atoms with Gasteiger partial charge in [-0.25, -0.2) is 0 Å². The second-order valence-corrected chi connectivity index (χ2v) is 2.91. The van der Waals surface area contributed by atoms with Gasteiger partial charge in [0, 0.05) is 5.56 Å². The zero-order valence-electron chi connectivity index (χ0n) is 7.38. The number of nitrogens with two attached hydrogens (primary N) is 1. The van der Waals surface area contributed by atoms with Crippen molar-refractivity contribution in [3.8, 4) is 16.9 Å². The molecule has 0 aliphatic carbocycles. The molecule has 14 heavy (non-hydrogen) atoms. The van der Waals surface area contributed by atoms with Gasteiger partial charge in [-0.1, -0.05) is 12.1 Å². The standard InChI is InChI=1S/C10H9N3O/c11-10-6-13-12-5-9(10)7-2-1-3-8(14)4-7/h1-6,14H,(H2,11,12). The Morgan fingerprint density at radius 3 is 2.64 bits per heavy atom. The molecular formula is C10H9N3O. The van der Waals surface area contributed by atoms with E-state index in [-0.39, 0.29) is 5.75 Å². The fourth-order valence-electron chi connectivity index (χ4n) is 1.25. The maximum absolute atomic E-state index is 9.29. The van der Waals surface area contributed by atoms with Crippen molar-refractivity contribution in [2.75, 3.05) is 5.73 Å². The van der Waals surface area contributed by atoms with E-state index < -0.39 is 0 Å². The Morgan fingerprint density at radius 1 is 1.14 bits per heavy atom. The van der Waals surface area contributed by atoms with Gasteiger partial charge in [-0.15, -0.1) is 0 Å². The summed E-state index contributed by atoms with van der Waals surface area (Å²) in [6, 6.07) is 6.85. The Bertz CT molecular complexity index is 457. The maximum Gasteiger partial charge on any atom is 0.116 e. The fraction of sp³-hybridized carbons (Fsp3) is 0. The lowest BCUT2D eigenvalue weighted by atomic mass is 10.1. The zero-order valence-corrected chi connectivity index (χ0v) is 7.38. The molecule has 0 spiro atoms. The van der Waals surface area contributed by atoms with Crippen LogP contribution >= 0.6 is 0 Å². The SMILES string of the molecule is Nc1cnncc1-c1cccc(O)c1. The van der Waals surface area contributed by atoms with Crippen molar-refractivity contribution >= 4 is 5.69 Å². The number of hydrogen-bond acceptors (Lipinski definition) is 4. The Labute approximate surface area is 81.0 Å². The molecule has 1 aromatic heterocycles. The highest BCUT2D eigenvalue weighted by atomic mass is 16.3. The van der Waals surface area contributed by atoms with E-state index in [1.54, 1.807) is 24.4 Å². The maximum atomic E-state index is 9.29. The lowest BCUT2D eigenvalue weighted by Crippen LogP contribution is -1.92. The smallest absolute Gasteiger partial charge is 0.116 e. The van der Waals surface area contributed by atoms with E-state index in [4.69, 9.17) is 5.73 Å². The van der Waals surface area contributed by atoms with Crippen LogP contribution in [0.15, 0.2) is 36.7 Å². The number of aromatic nitrogens is 2. The molecule has 0 saturated carbocycles. The van der Waals surface area contributed by atoms with Crippen LogP contribution in [0.4, 0.5) is 5.69 Å². The van der Waals surface area contributed by atoms with E-state index in [1.807, 2.05) is 6.07 Å². The number of rotatable bonds is 1. The van der Waals surface area contributed by atoms with E-state index in [0.29, 0.717) is 5.69 Å². The molecule has 1 heterocycles. The van der Waals surface area contributed by atoms with Crippen molar-refractivity contribution in [1.29, 1.82) is 0 Å². The Kier molecular flexibility index (Phi) is 2.02. The average molecular weight is 187 g/mol. The van der Waals surface area contributed by atoms with Crippen molar-refractivity contribution in [2.24, 2.45) is 0 Å². The summed E-state index contributed by atoms with van der Waals surface area (Å²) in [4.78, 5) is 0. The summed E-state index contributed by atoms with van der Waals surface area (Å²) in [5.74, 6) is 0.207. The van der Waals surface area contributed by atoms with Crippen LogP contribution in [0.2, 0.25) is 0 Å². The lowest BCUT2D eigenvalue weighted by Gasteiger charge is -2.03. The lowest BCUT2D eigenvalue weighted by molar-refractivity contribution is 0.475. The molecule has 0 radical (unpaired) electrons. The van der Waals surface area contributed by atoms with Gasteiger partial charge >= 0.3 is 0 Å². The van der Waals surface area contributed by atoms with E-state index >= 15 is 0 Å². The second-order valence-electron chi connectivity index (χ2n) is 2.91. The first kappa shape index (κ1) is 8.50. The molecule has 2 aromatic rings. The fourth-order valence-corrected chi connectivity index (χ4v) is 1.25. The highest BCUT2D eigenvalue weighted by Gasteiger charge is 2.02. The molecule has 70 valence electrons. The van der Waals surface area contributed by atoms with Crippen LogP contribution in [-0.4, -0.2) is 15.3 Å². The number of nitrogen functional groups attached to an aromatic ring is 1. The second kappa shape index (κ2) is 3.33. The van der Waals surface area contributed by atoms with Gasteiger partial charge in [0.1, 0.15) is 5.75 Å². The van der Waals surface area contributed by atoms with Crippen molar-refractivity contribution in [3.63, 3.8) is 0 Å². The monoisotopic (exact) mass is 187 g/mol. The number of hydrogen-bond donors (Lipinski definition) is 2. The van der Waals surface area contributed by atoms with E-state index in [0.717, 1.165) is 11.1 Å². The highest BCUT2D eigenvalue weighted by Crippen LogP contribution is 2.26. The number of anilines is 1. The Balaban J connectivity index is 2.55. The molecule has 4 heteroatoms. The third-order valence-electron chi connectivity index (χ3n) is 1.92. The van der Waals surface area contributed by atoms with E-state index in [9.17, 15) is 5.11 Å². The Morgan fingerprint density at radius 2 is 1.93 bits per heavy atom. The van der Waals surface area contributed by atoms with E-state index in [2.05, 4.69) is 10.2 Å². The van der Waals surface area contributed by atoms with Crippen LogP contribution in [0.25, 0.3) is 11.1 Å². The summed E-state index contributed by atoms with van der Waals surface area (Å²) in [5, 5.41) is 16.7. The van der Waals surface area contributed by atoms with Crippen LogP contribution in [0, 0.1) is 0 Å². The van der Waals surface area contributed by atoms with Crippen molar-refractivity contribution in [3.05, 3.63) is 36.7 Å². The summed E-state index contributed by atoms with van der Waals surface area (Å²) >= 11 is 0. The van der Waals surface area contributed by atoms with Crippen LogP contribution in [0.3, 0.4) is 0 Å². The molecule has 0 saturated heterocycles. The summed E-state index contributed by atoms with van der Waals surface area (Å²) in [6.07, 6.45) is 3.06. The minimum absolute atomic E-state index is 0.207. The first-order chi connectivity index (χ1) is 6.77. The molecule has 0 amide bonds. The minimum Gasteiger partial charge on any atom is -0.508 e. The Hall–Kier alpha value is -2.10. The van der Waals surface area contributed by atoms with Crippen LogP contribution in [0.5, 0.6) is 5.75 Å². The van der Waals surface area contributed by atoms with Gasteiger partial charge in [0.15, 0.2) is 0 Å². The predicted molar refractivity (Wildman–Crippen MR) is 53.5 cm³/mol. The molecule has 4 nitrogen and oxygen atoms in total. The molecule has 0 bridgehead atoms. The van der Waals surface area contributed by atoms with Crippen molar-refractivity contribution < 1.29 is 5.11 Å². The van der Waals surface area contributed by atoms with Crippen molar-refractivity contribution in [2.45, 2.75) is 0 Å². The van der Waals surface area contributed by atoms with Gasteiger partial charge < -0.3 is 10.8 Å². The molecule has 0 unspecified atom stereocenters. The third-order valence-corrected chi connectivity index (χ3v) is 1.92. The predicted octanol–water partition coefficient (Wildman–Crippen LogP) is 1.43. The normalized spacial score (nSPS) is 10.0. The molecular weight excluding hydrogens is 178 g/mol. The largest absolute Gasteiger partial charge is 0.508 e. The summed E-state index contributed by atoms with van der Waals surface area (Å²) in [5.41, 5.74) is 7.87. The van der Waals surface area contributed by atoms with Crippen molar-refractivity contribution in [1.82, 2.24) is 10.2 Å². The molecule has 2 rings (SSSR count). The molecule has 0 atom stereocenters. The number of nitrogens with zero attached hydrogens (tertiary/aromatic N) is 2. The zero-order chi connectivity index (χ0) is 9.97.